The molecule has 0 saturated heterocycles. The number of hydrogen-bond acceptors (Lipinski definition) is 14. The van der Waals surface area contributed by atoms with E-state index in [1.165, 1.54) is 44.0 Å². The average molecular weight is 763 g/mol. The number of thiophene rings is 2. The van der Waals surface area contributed by atoms with E-state index in [-0.39, 0.29) is 11.8 Å². The van der Waals surface area contributed by atoms with Crippen molar-refractivity contribution in [3.63, 3.8) is 0 Å². The molecule has 0 radical (unpaired) electrons. The molecule has 54 heavy (non-hydrogen) atoms. The molecule has 0 spiro atoms. The monoisotopic (exact) mass is 762 g/mol. The lowest BCUT2D eigenvalue weighted by Gasteiger charge is -2.13. The zero-order valence-corrected chi connectivity index (χ0v) is 30.7. The van der Waals surface area contributed by atoms with Gasteiger partial charge in [0.25, 0.3) is 11.8 Å². The first kappa shape index (κ1) is 35.6. The number of amides is 2. The van der Waals surface area contributed by atoms with Gasteiger partial charge in [0, 0.05) is 23.5 Å². The summed E-state index contributed by atoms with van der Waals surface area (Å²) in [6.07, 6.45) is 6.58. The summed E-state index contributed by atoms with van der Waals surface area (Å²) >= 11 is 2.75. The second-order valence-corrected chi connectivity index (χ2v) is 13.3. The number of benzene rings is 2. The Balaban J connectivity index is 0.000000168. The number of nitrogens with one attached hydrogen (secondary N) is 2. The van der Waals surface area contributed by atoms with E-state index in [4.69, 9.17) is 27.8 Å². The molecule has 6 heterocycles. The summed E-state index contributed by atoms with van der Waals surface area (Å²) in [6.45, 7) is 0. The van der Waals surface area contributed by atoms with Crippen LogP contribution < -0.4 is 29.6 Å². The van der Waals surface area contributed by atoms with Crippen molar-refractivity contribution < 1.29 is 37.4 Å². The van der Waals surface area contributed by atoms with Crippen molar-refractivity contribution in [1.82, 2.24) is 19.9 Å². The van der Waals surface area contributed by atoms with Gasteiger partial charge in [-0.05, 0) is 72.8 Å². The molecule has 0 aliphatic carbocycles. The van der Waals surface area contributed by atoms with E-state index < -0.39 is 0 Å². The van der Waals surface area contributed by atoms with Gasteiger partial charge < -0.3 is 38.4 Å². The summed E-state index contributed by atoms with van der Waals surface area (Å²) in [7, 11) is 6.10. The summed E-state index contributed by atoms with van der Waals surface area (Å²) in [4.78, 5) is 43.6. The van der Waals surface area contributed by atoms with E-state index >= 15 is 0 Å². The maximum Gasteiger partial charge on any atom is 0.256 e. The largest absolute Gasteiger partial charge is 0.497 e. The molecule has 0 saturated carbocycles. The van der Waals surface area contributed by atoms with Gasteiger partial charge in [-0.1, -0.05) is 0 Å². The Morgan fingerprint density at radius 2 is 1.09 bits per heavy atom. The predicted molar refractivity (Wildman–Crippen MR) is 205 cm³/mol. The van der Waals surface area contributed by atoms with Crippen molar-refractivity contribution in [3.05, 3.63) is 109 Å². The molecule has 272 valence electrons. The van der Waals surface area contributed by atoms with Gasteiger partial charge in [0.15, 0.2) is 22.7 Å². The van der Waals surface area contributed by atoms with Gasteiger partial charge in [0.2, 0.25) is 17.5 Å². The lowest BCUT2D eigenvalue weighted by atomic mass is 10.1. The normalized spacial score (nSPS) is 10.7. The van der Waals surface area contributed by atoms with E-state index in [0.717, 1.165) is 25.8 Å². The minimum Gasteiger partial charge on any atom is -0.497 e. The molecule has 0 aliphatic heterocycles. The number of fused-ring (bicyclic) bond motifs is 2. The number of carbonyl (C=O) groups excluding carboxylic acids is 2. The number of aromatic nitrogens is 4. The highest BCUT2D eigenvalue weighted by atomic mass is 32.1. The van der Waals surface area contributed by atoms with E-state index in [1.54, 1.807) is 86.5 Å². The fourth-order valence-corrected chi connectivity index (χ4v) is 6.79. The summed E-state index contributed by atoms with van der Waals surface area (Å²) in [5.41, 5.74) is 3.66. The zero-order chi connectivity index (χ0) is 37.6. The molecule has 2 aromatic carbocycles. The number of nitrogens with zero attached hydrogens (tertiary/aromatic N) is 4. The fraction of sp³-hybridized carbons (Fsp3) is 0.105. The molecule has 8 aromatic rings. The van der Waals surface area contributed by atoms with Crippen LogP contribution in [0.25, 0.3) is 43.7 Å². The Morgan fingerprint density at radius 3 is 1.54 bits per heavy atom. The number of ether oxygens (including phenoxy) is 4. The van der Waals surface area contributed by atoms with Crippen molar-refractivity contribution in [1.29, 1.82) is 0 Å². The van der Waals surface area contributed by atoms with E-state index in [2.05, 4.69) is 30.6 Å². The van der Waals surface area contributed by atoms with Gasteiger partial charge in [-0.15, -0.1) is 22.7 Å². The van der Waals surface area contributed by atoms with E-state index in [9.17, 15) is 9.59 Å². The quantitative estimate of drug-likeness (QED) is 0.136. The summed E-state index contributed by atoms with van der Waals surface area (Å²) in [6, 6.07) is 21.0. The van der Waals surface area contributed by atoms with Crippen LogP contribution in [-0.4, -0.2) is 60.2 Å². The Labute approximate surface area is 315 Å². The summed E-state index contributed by atoms with van der Waals surface area (Å²) in [5, 5.41) is 7.12. The maximum absolute atomic E-state index is 12.7. The third-order valence-corrected chi connectivity index (χ3v) is 9.75. The summed E-state index contributed by atoms with van der Waals surface area (Å²) in [5.74, 6) is 2.45. The van der Waals surface area contributed by atoms with Gasteiger partial charge in [-0.25, -0.2) is 9.97 Å². The van der Waals surface area contributed by atoms with E-state index in [0.29, 0.717) is 62.1 Å². The molecule has 0 bridgehead atoms. The Bertz CT molecular complexity index is 2490. The Kier molecular flexibility index (Phi) is 10.5. The number of oxazole rings is 2. The number of carbonyl (C=O) groups is 2. The number of methoxy groups -OCH3 is 4. The standard InChI is InChI=1S/C20H17N3O5S.C18H13N3O3S/c1-25-13-8-11(9-14(26-2)18(13)27-3)19(24)23-17-5-4-16(29-17)20-22-12-6-7-21-10-15(12)28-20;1-23-12-4-2-11(3-5-12)17(22)21-16-7-6-15(25-16)18-20-13-8-9-19-10-14(13)24-18/h4-10H,1-3H3,(H,23,24);2-10H,1H3,(H,21,22). The van der Waals surface area contributed by atoms with Crippen LogP contribution in [0.5, 0.6) is 23.0 Å². The van der Waals surface area contributed by atoms with Crippen molar-refractivity contribution in [2.24, 2.45) is 0 Å². The first-order valence-electron chi connectivity index (χ1n) is 16.0. The van der Waals surface area contributed by atoms with Gasteiger partial charge in [-0.3, -0.25) is 19.6 Å². The second-order valence-electron chi connectivity index (χ2n) is 11.1. The fourth-order valence-electron chi connectivity index (χ4n) is 5.13. The summed E-state index contributed by atoms with van der Waals surface area (Å²) < 4.78 is 32.4. The minimum atomic E-state index is -0.306. The van der Waals surface area contributed by atoms with E-state index in [1.807, 2.05) is 18.2 Å². The smallest absolute Gasteiger partial charge is 0.256 e. The highest BCUT2D eigenvalue weighted by molar-refractivity contribution is 7.19. The number of rotatable bonds is 10. The minimum absolute atomic E-state index is 0.183. The van der Waals surface area contributed by atoms with Gasteiger partial charge in [0.1, 0.15) is 16.8 Å². The van der Waals surface area contributed by atoms with Crippen molar-refractivity contribution in [2.75, 3.05) is 39.1 Å². The van der Waals surface area contributed by atoms with Crippen LogP contribution in [0.1, 0.15) is 20.7 Å². The third kappa shape index (κ3) is 7.69. The lowest BCUT2D eigenvalue weighted by Crippen LogP contribution is -2.11. The van der Waals surface area contributed by atoms with Gasteiger partial charge in [-0.2, -0.15) is 0 Å². The molecule has 2 amide bonds. The molecule has 14 nitrogen and oxygen atoms in total. The molecular weight excluding hydrogens is 733 g/mol. The average Bonchev–Trinajstić information content (AvgIpc) is 4.03. The van der Waals surface area contributed by atoms with Crippen LogP contribution >= 0.6 is 22.7 Å². The first-order chi connectivity index (χ1) is 26.3. The Morgan fingerprint density at radius 1 is 0.593 bits per heavy atom. The van der Waals surface area contributed by atoms with Crippen LogP contribution in [0.4, 0.5) is 10.0 Å². The molecule has 6 aromatic heterocycles. The van der Waals surface area contributed by atoms with Crippen LogP contribution in [0.2, 0.25) is 0 Å². The lowest BCUT2D eigenvalue weighted by molar-refractivity contribution is 0.101. The molecule has 8 rings (SSSR count). The molecule has 16 heteroatoms. The van der Waals surface area contributed by atoms with Crippen molar-refractivity contribution >= 4 is 66.7 Å². The number of pyridine rings is 2. The zero-order valence-electron chi connectivity index (χ0n) is 29.1. The van der Waals surface area contributed by atoms with Gasteiger partial charge >= 0.3 is 0 Å². The number of hydrogen-bond donors (Lipinski definition) is 2. The second kappa shape index (κ2) is 15.9. The van der Waals surface area contributed by atoms with Crippen molar-refractivity contribution in [3.8, 4) is 44.5 Å². The first-order valence-corrected chi connectivity index (χ1v) is 17.7. The molecule has 0 fully saturated rings. The molecule has 2 N–H and O–H groups in total. The van der Waals surface area contributed by atoms with Crippen LogP contribution in [0.3, 0.4) is 0 Å². The van der Waals surface area contributed by atoms with Crippen LogP contribution in [0, 0.1) is 0 Å². The molecule has 0 unspecified atom stereocenters. The highest BCUT2D eigenvalue weighted by Gasteiger charge is 2.19. The molecule has 0 atom stereocenters. The number of anilines is 2. The topological polar surface area (TPSA) is 173 Å². The van der Waals surface area contributed by atoms with Gasteiger partial charge in [0.05, 0.1) is 60.6 Å². The maximum atomic E-state index is 12.7. The van der Waals surface area contributed by atoms with Crippen LogP contribution in [0.15, 0.2) is 106 Å². The SMILES string of the molecule is COc1cc(C(=O)Nc2ccc(-c3nc4ccncc4o3)s2)cc(OC)c1OC.COc1ccc(C(=O)Nc2ccc(-c3nc4ccncc4o3)s2)cc1. The highest BCUT2D eigenvalue weighted by Crippen LogP contribution is 2.39. The van der Waals surface area contributed by atoms with Crippen LogP contribution in [-0.2, 0) is 0 Å². The molecule has 0 aliphatic rings. The molecular formula is C38H30N6O8S2. The third-order valence-electron chi connectivity index (χ3n) is 7.77. The predicted octanol–water partition coefficient (Wildman–Crippen LogP) is 8.44. The Hall–Kier alpha value is -6.78. The van der Waals surface area contributed by atoms with Crippen molar-refractivity contribution in [2.45, 2.75) is 0 Å².